The van der Waals surface area contributed by atoms with E-state index in [-0.39, 0.29) is 0 Å². The number of carboxylic acid groups (broad SMARTS) is 2. The van der Waals surface area contributed by atoms with Gasteiger partial charge >= 0.3 is 11.9 Å². The van der Waals surface area contributed by atoms with Gasteiger partial charge < -0.3 is 20.4 Å². The smallest absolute Gasteiger partial charge is 0.338 e. The van der Waals surface area contributed by atoms with E-state index < -0.39 is 56.0 Å². The number of nitrogens with one attached hydrogen (secondary N) is 2. The molecular weight excluding hydrogens is 307 g/mol. The Morgan fingerprint density at radius 1 is 0.952 bits per heavy atom. The summed E-state index contributed by atoms with van der Waals surface area (Å²) in [5.41, 5.74) is -3.28. The molecule has 0 bridgehead atoms. The maximum absolute atomic E-state index is 11.7. The number of rotatable bonds is 8. The summed E-state index contributed by atoms with van der Waals surface area (Å²) in [6.45, 7) is 1.82. The van der Waals surface area contributed by atoms with Crippen molar-refractivity contribution in [3.8, 4) is 0 Å². The van der Waals surface area contributed by atoms with E-state index in [9.17, 15) is 28.8 Å². The predicted octanol–water partition coefficient (Wildman–Crippen LogP) is -1.55. The van der Waals surface area contributed by atoms with Crippen LogP contribution in [0.5, 0.6) is 0 Å². The normalized spacial score (nSPS) is 11.0. The number of carbonyl (C=O) groups is 6. The Labute approximate surface area is 120 Å². The van der Waals surface area contributed by atoms with Crippen molar-refractivity contribution in [3.05, 3.63) is 0 Å². The van der Waals surface area contributed by atoms with Crippen molar-refractivity contribution in [2.75, 3.05) is 0 Å². The second kappa shape index (κ2) is 7.44. The van der Waals surface area contributed by atoms with Crippen molar-refractivity contribution in [1.29, 1.82) is 0 Å². The van der Waals surface area contributed by atoms with E-state index in [4.69, 9.17) is 10.2 Å². The number of Topliss-reactive ketones (excluding diaryl/α,β-unsaturated/α-hetero) is 2. The van der Waals surface area contributed by atoms with E-state index in [0.717, 1.165) is 6.92 Å². The Morgan fingerprint density at radius 2 is 1.43 bits per heavy atom. The van der Waals surface area contributed by atoms with E-state index in [1.54, 1.807) is 0 Å². The van der Waals surface area contributed by atoms with Gasteiger partial charge in [-0.2, -0.15) is 0 Å². The molecule has 0 spiro atoms. The van der Waals surface area contributed by atoms with E-state index in [0.29, 0.717) is 6.92 Å². The lowest BCUT2D eigenvalue weighted by Gasteiger charge is -2.20. The molecule has 0 fully saturated rings. The highest BCUT2D eigenvalue weighted by Crippen LogP contribution is 2.22. The summed E-state index contributed by atoms with van der Waals surface area (Å²) in [6, 6.07) is 0. The van der Waals surface area contributed by atoms with Crippen LogP contribution in [0.25, 0.3) is 0 Å². The molecule has 0 aromatic heterocycles. The highest BCUT2D eigenvalue weighted by molar-refractivity contribution is 7.35. The monoisotopic (exact) mass is 320 g/mol. The zero-order valence-electron chi connectivity index (χ0n) is 11.1. The highest BCUT2D eigenvalue weighted by Gasteiger charge is 2.58. The quantitative estimate of drug-likeness (QED) is 0.308. The molecule has 116 valence electrons. The molecule has 10 nitrogen and oxygen atoms in total. The van der Waals surface area contributed by atoms with Crippen LogP contribution < -0.4 is 10.2 Å². The summed E-state index contributed by atoms with van der Waals surface area (Å²) in [5.74, 6) is -8.42. The van der Waals surface area contributed by atoms with Crippen molar-refractivity contribution in [2.45, 2.75) is 20.3 Å². The van der Waals surface area contributed by atoms with Gasteiger partial charge in [0.05, 0.1) is 15.3 Å². The maximum atomic E-state index is 11.7. The minimum atomic E-state index is -3.28. The average molecular weight is 320 g/mol. The van der Waals surface area contributed by atoms with Gasteiger partial charge in [0, 0.05) is 0 Å². The minimum Gasteiger partial charge on any atom is -0.480 e. The Balaban J connectivity index is 4.92. The second-order valence-electron chi connectivity index (χ2n) is 3.92. The summed E-state index contributed by atoms with van der Waals surface area (Å²) in [7, 11) is -0.886. The fourth-order valence-corrected chi connectivity index (χ4v) is 1.86. The van der Waals surface area contributed by atoms with E-state index >= 15 is 0 Å². The highest BCUT2D eigenvalue weighted by atomic mass is 31.1. The molecule has 21 heavy (non-hydrogen) atoms. The summed E-state index contributed by atoms with van der Waals surface area (Å²) in [5, 5.41) is 21.6. The number of carboxylic acids is 2. The summed E-state index contributed by atoms with van der Waals surface area (Å²) in [6.07, 6.45) is -0.446. The van der Waals surface area contributed by atoms with Gasteiger partial charge in [0.25, 0.3) is 11.3 Å². The van der Waals surface area contributed by atoms with Gasteiger partial charge in [0.15, 0.2) is 5.78 Å². The zero-order chi connectivity index (χ0) is 16.8. The number of carbonyl (C=O) groups excluding carboxylic acids is 4. The van der Waals surface area contributed by atoms with E-state index in [2.05, 4.69) is 5.09 Å². The van der Waals surface area contributed by atoms with Crippen molar-refractivity contribution >= 4 is 44.2 Å². The van der Waals surface area contributed by atoms with Crippen molar-refractivity contribution in [3.63, 3.8) is 0 Å². The molecule has 4 N–H and O–H groups in total. The van der Waals surface area contributed by atoms with Gasteiger partial charge in [0.2, 0.25) is 5.91 Å². The molecular formula is C10H13N2O8P. The van der Waals surface area contributed by atoms with Crippen molar-refractivity contribution in [1.82, 2.24) is 10.2 Å². The Bertz CT molecular complexity index is 479. The lowest BCUT2D eigenvalue weighted by atomic mass is 9.83. The molecule has 1 unspecified atom stereocenters. The molecule has 0 rings (SSSR count). The molecule has 0 aromatic rings. The van der Waals surface area contributed by atoms with Crippen LogP contribution in [-0.4, -0.2) is 45.5 Å². The average Bonchev–Trinajstić information content (AvgIpc) is 2.26. The van der Waals surface area contributed by atoms with Crippen LogP contribution >= 0.6 is 8.88 Å². The van der Waals surface area contributed by atoms with Gasteiger partial charge in [-0.25, -0.2) is 9.59 Å². The first-order chi connectivity index (χ1) is 9.56. The summed E-state index contributed by atoms with van der Waals surface area (Å²) in [4.78, 5) is 66.7. The lowest BCUT2D eigenvalue weighted by molar-refractivity contribution is -0.170. The summed E-state index contributed by atoms with van der Waals surface area (Å²) >= 11 is 0. The lowest BCUT2D eigenvalue weighted by Crippen LogP contribution is -2.55. The minimum absolute atomic E-state index is 0.433. The molecule has 11 heteroatoms. The molecule has 1 atom stereocenters. The zero-order valence-corrected chi connectivity index (χ0v) is 12.1. The van der Waals surface area contributed by atoms with Crippen molar-refractivity contribution in [2.24, 2.45) is 5.41 Å². The van der Waals surface area contributed by atoms with Crippen LogP contribution in [0.4, 0.5) is 0 Å². The number of ketones is 2. The molecule has 0 aromatic carbocycles. The largest absolute Gasteiger partial charge is 0.480 e. The molecule has 0 heterocycles. The third-order valence-electron chi connectivity index (χ3n) is 2.30. The van der Waals surface area contributed by atoms with Crippen LogP contribution in [0.1, 0.15) is 20.3 Å². The molecule has 0 aliphatic rings. The second-order valence-corrected chi connectivity index (χ2v) is 4.67. The first kappa shape index (κ1) is 18.7. The fourth-order valence-electron chi connectivity index (χ4n) is 1.27. The van der Waals surface area contributed by atoms with Gasteiger partial charge in [-0.1, -0.05) is 0 Å². The molecule has 0 aliphatic heterocycles. The topological polar surface area (TPSA) is 167 Å². The third-order valence-corrected chi connectivity index (χ3v) is 3.05. The van der Waals surface area contributed by atoms with Gasteiger partial charge in [-0.3, -0.25) is 19.2 Å². The van der Waals surface area contributed by atoms with Crippen molar-refractivity contribution < 1.29 is 39.0 Å². The Morgan fingerprint density at radius 3 is 1.76 bits per heavy atom. The molecule has 0 saturated carbocycles. The fraction of sp³-hybridized carbons (Fsp3) is 0.400. The molecule has 0 aliphatic carbocycles. The van der Waals surface area contributed by atoms with E-state index in [1.165, 1.54) is 0 Å². The van der Waals surface area contributed by atoms with E-state index in [1.807, 2.05) is 5.09 Å². The first-order valence-corrected chi connectivity index (χ1v) is 6.38. The number of hydrogen-bond acceptors (Lipinski definition) is 6. The van der Waals surface area contributed by atoms with Crippen LogP contribution in [0.2, 0.25) is 0 Å². The number of aliphatic carboxylic acids is 2. The summed E-state index contributed by atoms with van der Waals surface area (Å²) < 4.78 is 0. The molecule has 0 saturated heterocycles. The van der Waals surface area contributed by atoms with Crippen LogP contribution in [0, 0.1) is 5.41 Å². The standard InChI is InChI=1S/C10H13N2O8P/c1-4(13)3-6(15)11-21-12-7(16)10(5(2)14,8(17)18)9(19)20/h21H,3H2,1-2H3,(H,11,15)(H,12,16)(H,17,18)(H,19,20). The van der Waals surface area contributed by atoms with Gasteiger partial charge in [-0.15, -0.1) is 0 Å². The first-order valence-electron chi connectivity index (χ1n) is 5.38. The number of hydrogen-bond donors (Lipinski definition) is 4. The van der Waals surface area contributed by atoms with Gasteiger partial charge in [-0.05, 0) is 13.8 Å². The van der Waals surface area contributed by atoms with Crippen LogP contribution in [0.3, 0.4) is 0 Å². The maximum Gasteiger partial charge on any atom is 0.338 e. The third kappa shape index (κ3) is 4.32. The van der Waals surface area contributed by atoms with Crippen LogP contribution in [0.15, 0.2) is 0 Å². The molecule has 0 radical (unpaired) electrons. The van der Waals surface area contributed by atoms with Crippen LogP contribution in [-0.2, 0) is 28.8 Å². The SMILES string of the molecule is CC(=O)CC(=O)NPNC(=O)C(C(C)=O)(C(=O)O)C(=O)O. The molecule has 2 amide bonds. The predicted molar refractivity (Wildman–Crippen MR) is 68.3 cm³/mol. The Hall–Kier alpha value is -2.35. The number of amides is 2. The Kier molecular flexibility index (Phi) is 6.60. The van der Waals surface area contributed by atoms with Gasteiger partial charge in [0.1, 0.15) is 5.78 Å².